The lowest BCUT2D eigenvalue weighted by Gasteiger charge is -2.12. The first-order chi connectivity index (χ1) is 10.1. The third kappa shape index (κ3) is 2.08. The van der Waals surface area contributed by atoms with Gasteiger partial charge >= 0.3 is 0 Å². The van der Waals surface area contributed by atoms with Crippen molar-refractivity contribution in [3.05, 3.63) is 70.1 Å². The molecular weight excluding hydrogens is 266 g/mol. The summed E-state index contributed by atoms with van der Waals surface area (Å²) >= 11 is 0. The third-order valence-corrected chi connectivity index (χ3v) is 3.37. The van der Waals surface area contributed by atoms with Crippen LogP contribution in [0.3, 0.4) is 0 Å². The summed E-state index contributed by atoms with van der Waals surface area (Å²) in [5.74, 6) is -0.241. The van der Waals surface area contributed by atoms with Gasteiger partial charge in [0.2, 0.25) is 0 Å². The molecule has 0 radical (unpaired) electrons. The molecule has 0 saturated carbocycles. The van der Waals surface area contributed by atoms with Crippen molar-refractivity contribution in [2.75, 3.05) is 0 Å². The highest BCUT2D eigenvalue weighted by molar-refractivity contribution is 5.96. The first-order valence-corrected chi connectivity index (χ1v) is 6.46. The second-order valence-electron chi connectivity index (χ2n) is 4.77. The molecule has 1 amide bonds. The minimum absolute atomic E-state index is 0.0428. The van der Waals surface area contributed by atoms with E-state index in [2.05, 4.69) is 4.98 Å². The molecular formula is C16H13N3O2. The number of primary amides is 1. The average Bonchev–Trinajstić information content (AvgIpc) is 2.47. The zero-order valence-corrected chi connectivity index (χ0v) is 11.4. The molecule has 0 spiro atoms. The lowest BCUT2D eigenvalue weighted by molar-refractivity contribution is 0.0999. The van der Waals surface area contributed by atoms with Gasteiger partial charge < -0.3 is 5.73 Å². The topological polar surface area (TPSA) is 78.0 Å². The molecule has 21 heavy (non-hydrogen) atoms. The van der Waals surface area contributed by atoms with Crippen molar-refractivity contribution in [3.63, 3.8) is 0 Å². The van der Waals surface area contributed by atoms with Gasteiger partial charge in [0, 0.05) is 6.20 Å². The Kier molecular flexibility index (Phi) is 3.02. The van der Waals surface area contributed by atoms with Gasteiger partial charge in [-0.3, -0.25) is 14.2 Å². The summed E-state index contributed by atoms with van der Waals surface area (Å²) in [6, 6.07) is 12.5. The van der Waals surface area contributed by atoms with Crippen LogP contribution in [0.25, 0.3) is 16.7 Å². The predicted octanol–water partition coefficient (Wildman–Crippen LogP) is 1.79. The predicted molar refractivity (Wildman–Crippen MR) is 80.6 cm³/mol. The van der Waals surface area contributed by atoms with Crippen LogP contribution in [-0.2, 0) is 0 Å². The maximum absolute atomic E-state index is 12.6. The molecule has 0 saturated heterocycles. The van der Waals surface area contributed by atoms with Crippen molar-refractivity contribution >= 4 is 16.8 Å². The maximum atomic E-state index is 12.6. The van der Waals surface area contributed by atoms with Gasteiger partial charge in [0.15, 0.2) is 0 Å². The van der Waals surface area contributed by atoms with E-state index in [9.17, 15) is 9.59 Å². The molecule has 0 aliphatic carbocycles. The summed E-state index contributed by atoms with van der Waals surface area (Å²) in [7, 11) is 0. The molecule has 2 N–H and O–H groups in total. The molecule has 104 valence electrons. The lowest BCUT2D eigenvalue weighted by Crippen LogP contribution is -2.29. The Morgan fingerprint density at radius 2 is 1.95 bits per heavy atom. The van der Waals surface area contributed by atoms with E-state index >= 15 is 0 Å². The largest absolute Gasteiger partial charge is 0.365 e. The number of aryl methyl sites for hydroxylation is 1. The number of nitrogens with zero attached hydrogens (tertiary/aromatic N) is 2. The minimum Gasteiger partial charge on any atom is -0.365 e. The van der Waals surface area contributed by atoms with Gasteiger partial charge in [0.1, 0.15) is 11.4 Å². The van der Waals surface area contributed by atoms with Crippen molar-refractivity contribution in [2.45, 2.75) is 6.92 Å². The fraction of sp³-hybridized carbons (Fsp3) is 0.0625. The van der Waals surface area contributed by atoms with Gasteiger partial charge in [-0.25, -0.2) is 4.98 Å². The average molecular weight is 279 g/mol. The number of fused-ring (bicyclic) bond motifs is 1. The Labute approximate surface area is 120 Å². The second kappa shape index (κ2) is 4.86. The Hall–Kier alpha value is -2.95. The van der Waals surface area contributed by atoms with Gasteiger partial charge in [0.25, 0.3) is 11.5 Å². The molecule has 5 nitrogen and oxygen atoms in total. The minimum atomic E-state index is -0.743. The Morgan fingerprint density at radius 1 is 1.19 bits per heavy atom. The normalized spacial score (nSPS) is 10.7. The van der Waals surface area contributed by atoms with Crippen LogP contribution >= 0.6 is 0 Å². The summed E-state index contributed by atoms with van der Waals surface area (Å²) in [6.07, 6.45) is 1.61. The number of amides is 1. The number of rotatable bonds is 2. The molecule has 0 fully saturated rings. The van der Waals surface area contributed by atoms with E-state index < -0.39 is 11.5 Å². The molecule has 3 aromatic rings. The van der Waals surface area contributed by atoms with E-state index in [1.807, 2.05) is 37.3 Å². The smallest absolute Gasteiger partial charge is 0.269 e. The Balaban J connectivity index is 2.51. The monoisotopic (exact) mass is 279 g/mol. The van der Waals surface area contributed by atoms with Gasteiger partial charge in [-0.05, 0) is 36.1 Å². The van der Waals surface area contributed by atoms with Crippen molar-refractivity contribution in [3.8, 4) is 5.82 Å². The van der Waals surface area contributed by atoms with Crippen molar-refractivity contribution in [1.82, 2.24) is 9.55 Å². The SMILES string of the molecule is Cc1cccnc1-n1c(=O)c(C(N)=O)cc2ccccc21. The number of benzene rings is 1. The highest BCUT2D eigenvalue weighted by Crippen LogP contribution is 2.18. The molecule has 1 aromatic carbocycles. The summed E-state index contributed by atoms with van der Waals surface area (Å²) in [5, 5.41) is 0.760. The van der Waals surface area contributed by atoms with Crippen molar-refractivity contribution in [2.24, 2.45) is 5.73 Å². The molecule has 0 atom stereocenters. The number of hydrogen-bond acceptors (Lipinski definition) is 3. The van der Waals surface area contributed by atoms with Gasteiger partial charge in [-0.15, -0.1) is 0 Å². The van der Waals surface area contributed by atoms with Crippen molar-refractivity contribution < 1.29 is 4.79 Å². The van der Waals surface area contributed by atoms with Crippen LogP contribution in [0.5, 0.6) is 0 Å². The first kappa shape index (κ1) is 13.1. The molecule has 5 heteroatoms. The van der Waals surface area contributed by atoms with Crippen LogP contribution in [0.1, 0.15) is 15.9 Å². The van der Waals surface area contributed by atoms with Gasteiger partial charge in [0.05, 0.1) is 5.52 Å². The summed E-state index contributed by atoms with van der Waals surface area (Å²) in [5.41, 5.74) is 6.35. The van der Waals surface area contributed by atoms with E-state index in [-0.39, 0.29) is 5.56 Å². The van der Waals surface area contributed by atoms with Crippen LogP contribution in [0, 0.1) is 6.92 Å². The van der Waals surface area contributed by atoms with E-state index in [4.69, 9.17) is 5.73 Å². The second-order valence-corrected chi connectivity index (χ2v) is 4.77. The fourth-order valence-corrected chi connectivity index (χ4v) is 2.36. The van der Waals surface area contributed by atoms with Crippen molar-refractivity contribution in [1.29, 1.82) is 0 Å². The molecule has 3 rings (SSSR count). The zero-order chi connectivity index (χ0) is 15.0. The fourth-order valence-electron chi connectivity index (χ4n) is 2.36. The number of para-hydroxylation sites is 1. The highest BCUT2D eigenvalue weighted by atomic mass is 16.2. The zero-order valence-electron chi connectivity index (χ0n) is 11.4. The highest BCUT2D eigenvalue weighted by Gasteiger charge is 2.15. The van der Waals surface area contributed by atoms with Crippen LogP contribution in [0.2, 0.25) is 0 Å². The molecule has 0 unspecified atom stereocenters. The Bertz CT molecular complexity index is 913. The number of pyridine rings is 2. The molecule has 0 aliphatic heterocycles. The lowest BCUT2D eigenvalue weighted by atomic mass is 10.1. The van der Waals surface area contributed by atoms with Crippen LogP contribution < -0.4 is 11.3 Å². The van der Waals surface area contributed by atoms with E-state index in [0.29, 0.717) is 11.3 Å². The summed E-state index contributed by atoms with van der Waals surface area (Å²) < 4.78 is 1.44. The standard InChI is InChI=1S/C16H13N3O2/c1-10-5-4-8-18-15(10)19-13-7-3-2-6-11(13)9-12(14(17)20)16(19)21/h2-9H,1H3,(H2,17,20). The van der Waals surface area contributed by atoms with E-state index in [1.165, 1.54) is 10.6 Å². The van der Waals surface area contributed by atoms with Crippen LogP contribution in [0.4, 0.5) is 0 Å². The summed E-state index contributed by atoms with van der Waals surface area (Å²) in [4.78, 5) is 28.4. The van der Waals surface area contributed by atoms with Gasteiger partial charge in [-0.2, -0.15) is 0 Å². The number of carbonyl (C=O) groups excluding carboxylic acids is 1. The molecule has 0 aliphatic rings. The number of aromatic nitrogens is 2. The van der Waals surface area contributed by atoms with Gasteiger partial charge in [-0.1, -0.05) is 24.3 Å². The number of carbonyl (C=O) groups is 1. The number of nitrogens with two attached hydrogens (primary N) is 1. The third-order valence-electron chi connectivity index (χ3n) is 3.37. The summed E-state index contributed by atoms with van der Waals surface area (Å²) in [6.45, 7) is 1.86. The molecule has 0 bridgehead atoms. The van der Waals surface area contributed by atoms with E-state index in [1.54, 1.807) is 12.3 Å². The quantitative estimate of drug-likeness (QED) is 0.776. The van der Waals surface area contributed by atoms with Crippen LogP contribution in [0.15, 0.2) is 53.5 Å². The number of hydrogen-bond donors (Lipinski definition) is 1. The van der Waals surface area contributed by atoms with E-state index in [0.717, 1.165) is 10.9 Å². The van der Waals surface area contributed by atoms with Crippen LogP contribution in [-0.4, -0.2) is 15.5 Å². The molecule has 2 aromatic heterocycles. The Morgan fingerprint density at radius 3 is 2.67 bits per heavy atom. The first-order valence-electron chi connectivity index (χ1n) is 6.46. The maximum Gasteiger partial charge on any atom is 0.269 e. The molecule has 2 heterocycles.